The first-order valence-corrected chi connectivity index (χ1v) is 9.20. The van der Waals surface area contributed by atoms with Crippen molar-refractivity contribution >= 4 is 40.4 Å². The van der Waals surface area contributed by atoms with Gasteiger partial charge in [0.25, 0.3) is 0 Å². The van der Waals surface area contributed by atoms with Gasteiger partial charge < -0.3 is 0 Å². The highest BCUT2D eigenvalue weighted by atomic mass is 32.2. The van der Waals surface area contributed by atoms with Crippen LogP contribution >= 0.6 is 23.1 Å². The number of carbonyl (C=O) groups excluding carboxylic acids is 1. The maximum Gasteiger partial charge on any atom is 0.242 e. The highest BCUT2D eigenvalue weighted by Crippen LogP contribution is 2.30. The van der Waals surface area contributed by atoms with Crippen LogP contribution in [0.5, 0.6) is 0 Å². The van der Waals surface area contributed by atoms with Crippen LogP contribution in [0.2, 0.25) is 0 Å². The van der Waals surface area contributed by atoms with Crippen LogP contribution in [0.1, 0.15) is 23.8 Å². The van der Waals surface area contributed by atoms with E-state index in [1.54, 1.807) is 22.5 Å². The predicted molar refractivity (Wildman–Crippen MR) is 98.0 cm³/mol. The molecule has 0 bridgehead atoms. The topological polar surface area (TPSA) is 45.0 Å². The van der Waals surface area contributed by atoms with E-state index >= 15 is 0 Å². The lowest BCUT2D eigenvalue weighted by atomic mass is 10.2. The van der Waals surface area contributed by atoms with Crippen LogP contribution in [-0.4, -0.2) is 27.4 Å². The molecule has 0 saturated carbocycles. The molecule has 1 saturated heterocycles. The number of benzene rings is 1. The Morgan fingerprint density at radius 3 is 2.74 bits per heavy atom. The normalized spacial score (nSPS) is 20.0. The Morgan fingerprint density at radius 2 is 2.04 bits per heavy atom. The van der Waals surface area contributed by atoms with Gasteiger partial charge in [-0.3, -0.25) is 9.69 Å². The first-order valence-electron chi connectivity index (χ1n) is 7.44. The summed E-state index contributed by atoms with van der Waals surface area (Å²) < 4.78 is 0. The third-order valence-electron chi connectivity index (χ3n) is 3.45. The third kappa shape index (κ3) is 3.89. The number of thioether (sulfide) groups is 1. The Balaban J connectivity index is 1.79. The van der Waals surface area contributed by atoms with Crippen LogP contribution in [0.4, 0.5) is 0 Å². The summed E-state index contributed by atoms with van der Waals surface area (Å²) in [5.74, 6) is 0.117. The zero-order chi connectivity index (χ0) is 16.1. The minimum atomic E-state index is -0.0607. The van der Waals surface area contributed by atoms with Crippen LogP contribution < -0.4 is 0 Å². The molecule has 1 aliphatic heterocycles. The number of nitrogens with zero attached hydrogens (tertiary/aromatic N) is 3. The third-order valence-corrected chi connectivity index (χ3v) is 5.58. The van der Waals surface area contributed by atoms with E-state index in [2.05, 4.69) is 10.2 Å². The molecule has 2 aromatic rings. The Bertz CT molecular complexity index is 711. The molecule has 0 N–H and O–H groups in total. The number of hydrogen-bond donors (Lipinski definition) is 0. The smallest absolute Gasteiger partial charge is 0.242 e. The zero-order valence-electron chi connectivity index (χ0n) is 12.8. The second kappa shape index (κ2) is 7.57. The maximum absolute atomic E-state index is 12.5. The van der Waals surface area contributed by atoms with Gasteiger partial charge in [-0.2, -0.15) is 5.10 Å². The average Bonchev–Trinajstić information content (AvgIpc) is 3.19. The van der Waals surface area contributed by atoms with Crippen LogP contribution in [0.25, 0.3) is 0 Å². The highest BCUT2D eigenvalue weighted by Gasteiger charge is 2.36. The second-order valence-corrected chi connectivity index (χ2v) is 7.22. The van der Waals surface area contributed by atoms with Crippen molar-refractivity contribution in [3.8, 4) is 0 Å². The van der Waals surface area contributed by atoms with Crippen molar-refractivity contribution in [2.45, 2.75) is 25.1 Å². The molecule has 6 heteroatoms. The van der Waals surface area contributed by atoms with Gasteiger partial charge in [0.05, 0.1) is 18.0 Å². The van der Waals surface area contributed by atoms with Crippen LogP contribution in [0.15, 0.2) is 58.0 Å². The summed E-state index contributed by atoms with van der Waals surface area (Å²) in [7, 11) is 0. The number of carbonyl (C=O) groups is 1. The maximum atomic E-state index is 12.5. The summed E-state index contributed by atoms with van der Waals surface area (Å²) in [6.45, 7) is 2.56. The first kappa shape index (κ1) is 16.0. The fraction of sp³-hybridized carbons (Fsp3) is 0.235. The van der Waals surface area contributed by atoms with Gasteiger partial charge in [0, 0.05) is 4.88 Å². The molecule has 1 aromatic carbocycles. The summed E-state index contributed by atoms with van der Waals surface area (Å²) in [5, 5.41) is 11.1. The van der Waals surface area contributed by atoms with Gasteiger partial charge >= 0.3 is 0 Å². The monoisotopic (exact) mass is 343 g/mol. The van der Waals surface area contributed by atoms with Crippen LogP contribution in [0, 0.1) is 0 Å². The number of amides is 1. The van der Waals surface area contributed by atoms with Crippen LogP contribution in [-0.2, 0) is 11.3 Å². The Kier molecular flexibility index (Phi) is 5.25. The Hall–Kier alpha value is -1.92. The quantitative estimate of drug-likeness (QED) is 0.608. The summed E-state index contributed by atoms with van der Waals surface area (Å²) in [6, 6.07) is 13.9. The molecule has 2 heterocycles. The number of rotatable bonds is 5. The van der Waals surface area contributed by atoms with E-state index in [9.17, 15) is 4.79 Å². The molecule has 1 amide bonds. The van der Waals surface area contributed by atoms with E-state index < -0.39 is 0 Å². The van der Waals surface area contributed by atoms with Crippen LogP contribution in [0.3, 0.4) is 0 Å². The van der Waals surface area contributed by atoms with Gasteiger partial charge in [0.2, 0.25) is 5.91 Å². The van der Waals surface area contributed by atoms with Crippen molar-refractivity contribution in [1.82, 2.24) is 4.90 Å². The SMILES string of the molecule is CCC1S/C(=N\N=C\c2cccs2)N(Cc2ccccc2)C1=O. The number of amidine groups is 1. The highest BCUT2D eigenvalue weighted by molar-refractivity contribution is 8.15. The predicted octanol–water partition coefficient (Wildman–Crippen LogP) is 3.99. The molecule has 0 aliphatic carbocycles. The van der Waals surface area contributed by atoms with Gasteiger partial charge in [-0.05, 0) is 23.4 Å². The van der Waals surface area contributed by atoms with E-state index in [0.717, 1.165) is 16.9 Å². The van der Waals surface area contributed by atoms with E-state index in [1.165, 1.54) is 11.8 Å². The molecule has 23 heavy (non-hydrogen) atoms. The average molecular weight is 343 g/mol. The van der Waals surface area contributed by atoms with Gasteiger partial charge in [0.1, 0.15) is 0 Å². The molecule has 4 nitrogen and oxygen atoms in total. The van der Waals surface area contributed by atoms with E-state index in [-0.39, 0.29) is 11.2 Å². The van der Waals surface area contributed by atoms with Crippen molar-refractivity contribution in [3.05, 3.63) is 58.3 Å². The molecule has 1 aromatic heterocycles. The lowest BCUT2D eigenvalue weighted by Crippen LogP contribution is -2.31. The molecule has 0 radical (unpaired) electrons. The Labute approximate surface area is 143 Å². The summed E-state index contributed by atoms with van der Waals surface area (Å²) in [4.78, 5) is 15.3. The molecule has 118 valence electrons. The molecule has 1 fully saturated rings. The fourth-order valence-corrected chi connectivity index (χ4v) is 3.86. The summed E-state index contributed by atoms with van der Waals surface area (Å²) in [6.07, 6.45) is 2.52. The lowest BCUT2D eigenvalue weighted by molar-refractivity contribution is -0.126. The zero-order valence-corrected chi connectivity index (χ0v) is 14.4. The van der Waals surface area contributed by atoms with Gasteiger partial charge in [-0.25, -0.2) is 0 Å². The van der Waals surface area contributed by atoms with E-state index in [4.69, 9.17) is 0 Å². The van der Waals surface area contributed by atoms with Gasteiger partial charge in [-0.15, -0.1) is 16.4 Å². The molecule has 1 aliphatic rings. The molecule has 3 rings (SSSR count). The Morgan fingerprint density at radius 1 is 1.22 bits per heavy atom. The van der Waals surface area contributed by atoms with Gasteiger partial charge in [0.15, 0.2) is 5.17 Å². The lowest BCUT2D eigenvalue weighted by Gasteiger charge is -2.15. The minimum Gasteiger partial charge on any atom is -0.284 e. The van der Waals surface area contributed by atoms with E-state index in [0.29, 0.717) is 11.7 Å². The molecule has 1 atom stereocenters. The van der Waals surface area contributed by atoms with Crippen molar-refractivity contribution < 1.29 is 4.79 Å². The molecular weight excluding hydrogens is 326 g/mol. The molecular formula is C17H17N3OS2. The van der Waals surface area contributed by atoms with Crippen molar-refractivity contribution in [3.63, 3.8) is 0 Å². The summed E-state index contributed by atoms with van der Waals surface area (Å²) >= 11 is 3.11. The van der Waals surface area contributed by atoms with E-state index in [1.807, 2.05) is 54.8 Å². The molecule has 1 unspecified atom stereocenters. The summed E-state index contributed by atoms with van der Waals surface area (Å²) in [5.41, 5.74) is 1.09. The largest absolute Gasteiger partial charge is 0.284 e. The fourth-order valence-electron chi connectivity index (χ4n) is 2.26. The van der Waals surface area contributed by atoms with Crippen molar-refractivity contribution in [2.24, 2.45) is 10.2 Å². The minimum absolute atomic E-state index is 0.0607. The number of thiophene rings is 1. The number of hydrogen-bond acceptors (Lipinski definition) is 5. The van der Waals surface area contributed by atoms with Crippen molar-refractivity contribution in [2.75, 3.05) is 0 Å². The first-order chi connectivity index (χ1) is 11.3. The van der Waals surface area contributed by atoms with Crippen molar-refractivity contribution in [1.29, 1.82) is 0 Å². The second-order valence-electron chi connectivity index (χ2n) is 5.07. The standard InChI is InChI=1S/C17H17N3OS2/c1-2-15-16(21)20(12-13-7-4-3-5-8-13)17(23-15)19-18-11-14-9-6-10-22-14/h3-11,15H,2,12H2,1H3/b18-11+,19-17-. The molecule has 0 spiro atoms. The van der Waals surface area contributed by atoms with Gasteiger partial charge in [-0.1, -0.05) is 55.1 Å².